The molecule has 100 valence electrons. The molecule has 4 nitrogen and oxygen atoms in total. The Hall–Kier alpha value is -1.36. The van der Waals surface area contributed by atoms with Crippen LogP contribution in [0.2, 0.25) is 0 Å². The van der Waals surface area contributed by atoms with Gasteiger partial charge in [0.15, 0.2) is 9.84 Å². The lowest BCUT2D eigenvalue weighted by Gasteiger charge is -2.20. The van der Waals surface area contributed by atoms with Gasteiger partial charge in [-0.25, -0.2) is 13.2 Å². The molecule has 1 N–H and O–H groups in total. The molecule has 1 aromatic carbocycles. The average Bonchev–Trinajstić information content (AvgIpc) is 2.12. The molecule has 0 saturated carbocycles. The molecule has 5 heteroatoms. The van der Waals surface area contributed by atoms with Crippen molar-refractivity contribution in [3.05, 3.63) is 34.9 Å². The third-order valence-corrected chi connectivity index (χ3v) is 3.45. The number of carboxylic acids is 1. The number of benzene rings is 1. The number of rotatable bonds is 3. The molecule has 1 aromatic rings. The highest BCUT2D eigenvalue weighted by Crippen LogP contribution is 2.25. The predicted molar refractivity (Wildman–Crippen MR) is 70.6 cm³/mol. The summed E-state index contributed by atoms with van der Waals surface area (Å²) in [6, 6.07) is 4.88. The lowest BCUT2D eigenvalue weighted by molar-refractivity contribution is 0.0696. The number of hydrogen-bond acceptors (Lipinski definition) is 3. The first-order chi connectivity index (χ1) is 8.00. The van der Waals surface area contributed by atoms with E-state index in [1.165, 1.54) is 6.07 Å². The quantitative estimate of drug-likeness (QED) is 0.914. The topological polar surface area (TPSA) is 71.4 Å². The standard InChI is InChI=1S/C13H18O4S/c1-13(2,3)10-5-6-11(12(14)15)9(7-10)8-18(4,16)17/h5-7H,8H2,1-4H3,(H,14,15). The Kier molecular flexibility index (Phi) is 3.86. The molecule has 0 aliphatic heterocycles. The van der Waals surface area contributed by atoms with Crippen LogP contribution >= 0.6 is 0 Å². The van der Waals surface area contributed by atoms with Crippen LogP contribution in [0, 0.1) is 0 Å². The summed E-state index contributed by atoms with van der Waals surface area (Å²) in [6.07, 6.45) is 1.10. The molecule has 0 fully saturated rings. The second-order valence-electron chi connectivity index (χ2n) is 5.50. The molecule has 0 radical (unpaired) electrons. The van der Waals surface area contributed by atoms with E-state index in [0.29, 0.717) is 5.56 Å². The van der Waals surface area contributed by atoms with Crippen LogP contribution < -0.4 is 0 Å². The molecule has 0 spiro atoms. The molecule has 0 amide bonds. The van der Waals surface area contributed by atoms with Crippen molar-refractivity contribution < 1.29 is 18.3 Å². The lowest BCUT2D eigenvalue weighted by Crippen LogP contribution is -2.14. The number of carbonyl (C=O) groups is 1. The SMILES string of the molecule is CC(C)(C)c1ccc(C(=O)O)c(CS(C)(=O)=O)c1. The van der Waals surface area contributed by atoms with Crippen molar-refractivity contribution in [2.45, 2.75) is 31.9 Å². The third kappa shape index (κ3) is 3.84. The van der Waals surface area contributed by atoms with Crippen molar-refractivity contribution in [3.63, 3.8) is 0 Å². The Labute approximate surface area is 108 Å². The first-order valence-electron chi connectivity index (χ1n) is 5.55. The van der Waals surface area contributed by atoms with Crippen LogP contribution in [0.1, 0.15) is 42.3 Å². The van der Waals surface area contributed by atoms with Crippen LogP contribution in [0.15, 0.2) is 18.2 Å². The van der Waals surface area contributed by atoms with Crippen molar-refractivity contribution in [1.29, 1.82) is 0 Å². The van der Waals surface area contributed by atoms with Crippen LogP contribution in [-0.4, -0.2) is 25.7 Å². The predicted octanol–water partition coefficient (Wildman–Crippen LogP) is 2.23. The molecule has 18 heavy (non-hydrogen) atoms. The van der Waals surface area contributed by atoms with Crippen LogP contribution in [0.25, 0.3) is 0 Å². The van der Waals surface area contributed by atoms with Gasteiger partial charge in [-0.1, -0.05) is 32.9 Å². The van der Waals surface area contributed by atoms with Gasteiger partial charge in [0.1, 0.15) is 0 Å². The Bertz CT molecular complexity index is 565. The summed E-state index contributed by atoms with van der Waals surface area (Å²) in [6.45, 7) is 5.98. The third-order valence-electron chi connectivity index (χ3n) is 2.62. The summed E-state index contributed by atoms with van der Waals surface area (Å²) in [5, 5.41) is 9.06. The minimum Gasteiger partial charge on any atom is -0.478 e. The smallest absolute Gasteiger partial charge is 0.335 e. The van der Waals surface area contributed by atoms with Crippen molar-refractivity contribution in [3.8, 4) is 0 Å². The van der Waals surface area contributed by atoms with Gasteiger partial charge in [0.25, 0.3) is 0 Å². The fourth-order valence-corrected chi connectivity index (χ4v) is 2.47. The molecule has 0 aromatic heterocycles. The zero-order chi connectivity index (χ0) is 14.1. The van der Waals surface area contributed by atoms with E-state index in [9.17, 15) is 13.2 Å². The molecule has 0 aliphatic rings. The maximum Gasteiger partial charge on any atom is 0.335 e. The first-order valence-corrected chi connectivity index (χ1v) is 7.61. The molecule has 0 unspecified atom stereocenters. The highest BCUT2D eigenvalue weighted by atomic mass is 32.2. The fraction of sp³-hybridized carbons (Fsp3) is 0.462. The summed E-state index contributed by atoms with van der Waals surface area (Å²) in [4.78, 5) is 11.1. The van der Waals surface area contributed by atoms with Gasteiger partial charge in [0.2, 0.25) is 0 Å². The second kappa shape index (κ2) is 4.72. The largest absolute Gasteiger partial charge is 0.478 e. The second-order valence-corrected chi connectivity index (χ2v) is 7.64. The van der Waals surface area contributed by atoms with Gasteiger partial charge in [0.05, 0.1) is 11.3 Å². The minimum atomic E-state index is -3.26. The Balaban J connectivity index is 3.38. The summed E-state index contributed by atoms with van der Waals surface area (Å²) in [7, 11) is -3.26. The summed E-state index contributed by atoms with van der Waals surface area (Å²) in [5.41, 5.74) is 1.17. The van der Waals surface area contributed by atoms with E-state index in [2.05, 4.69) is 0 Å². The van der Waals surface area contributed by atoms with E-state index in [-0.39, 0.29) is 16.7 Å². The molecular formula is C13H18O4S. The highest BCUT2D eigenvalue weighted by molar-refractivity contribution is 7.89. The highest BCUT2D eigenvalue weighted by Gasteiger charge is 2.19. The lowest BCUT2D eigenvalue weighted by atomic mass is 9.85. The number of sulfone groups is 1. The van der Waals surface area contributed by atoms with E-state index in [1.807, 2.05) is 20.8 Å². The number of aromatic carboxylic acids is 1. The van der Waals surface area contributed by atoms with Gasteiger partial charge in [-0.2, -0.15) is 0 Å². The maximum absolute atomic E-state index is 11.3. The van der Waals surface area contributed by atoms with Gasteiger partial charge >= 0.3 is 5.97 Å². The van der Waals surface area contributed by atoms with Crippen LogP contribution in [0.3, 0.4) is 0 Å². The van der Waals surface area contributed by atoms with Crippen molar-refractivity contribution in [1.82, 2.24) is 0 Å². The normalized spacial score (nSPS) is 12.4. The van der Waals surface area contributed by atoms with Crippen molar-refractivity contribution in [2.24, 2.45) is 0 Å². The van der Waals surface area contributed by atoms with Gasteiger partial charge < -0.3 is 5.11 Å². The molecule has 0 aliphatic carbocycles. The minimum absolute atomic E-state index is 0.0495. The molecule has 0 heterocycles. The van der Waals surface area contributed by atoms with Crippen LogP contribution in [-0.2, 0) is 21.0 Å². The maximum atomic E-state index is 11.3. The average molecular weight is 270 g/mol. The Morgan fingerprint density at radius 3 is 2.22 bits per heavy atom. The van der Waals surface area contributed by atoms with Gasteiger partial charge in [0, 0.05) is 6.26 Å². The monoisotopic (exact) mass is 270 g/mol. The summed E-state index contributed by atoms with van der Waals surface area (Å²) >= 11 is 0. The number of carboxylic acid groups (broad SMARTS) is 1. The fourth-order valence-electron chi connectivity index (χ4n) is 1.67. The molecule has 1 rings (SSSR count). The van der Waals surface area contributed by atoms with E-state index in [1.54, 1.807) is 12.1 Å². The molecular weight excluding hydrogens is 252 g/mol. The zero-order valence-corrected chi connectivity index (χ0v) is 11.8. The van der Waals surface area contributed by atoms with Gasteiger partial charge in [-0.15, -0.1) is 0 Å². The Morgan fingerprint density at radius 1 is 1.28 bits per heavy atom. The molecule has 0 bridgehead atoms. The van der Waals surface area contributed by atoms with Crippen molar-refractivity contribution >= 4 is 15.8 Å². The van der Waals surface area contributed by atoms with E-state index in [4.69, 9.17) is 5.11 Å². The first kappa shape index (κ1) is 14.7. The van der Waals surface area contributed by atoms with Crippen molar-refractivity contribution in [2.75, 3.05) is 6.26 Å². The zero-order valence-electron chi connectivity index (χ0n) is 11.0. The molecule has 0 saturated heterocycles. The van der Waals surface area contributed by atoms with Gasteiger partial charge in [-0.3, -0.25) is 0 Å². The Morgan fingerprint density at radius 2 is 1.83 bits per heavy atom. The summed E-state index contributed by atoms with van der Waals surface area (Å²) in [5.74, 6) is -1.35. The van der Waals surface area contributed by atoms with E-state index in [0.717, 1.165) is 11.8 Å². The number of hydrogen-bond donors (Lipinski definition) is 1. The van der Waals surface area contributed by atoms with E-state index < -0.39 is 15.8 Å². The molecule has 0 atom stereocenters. The summed E-state index contributed by atoms with van der Waals surface area (Å²) < 4.78 is 22.7. The van der Waals surface area contributed by atoms with Crippen LogP contribution in [0.4, 0.5) is 0 Å². The van der Waals surface area contributed by atoms with E-state index >= 15 is 0 Å². The van der Waals surface area contributed by atoms with Gasteiger partial charge in [-0.05, 0) is 22.6 Å². The van der Waals surface area contributed by atoms with Crippen LogP contribution in [0.5, 0.6) is 0 Å².